The van der Waals surface area contributed by atoms with Crippen LogP contribution in [-0.2, 0) is 10.3 Å². The molecule has 1 N–H and O–H groups in total. The molecular formula is C17H21ClF2N2O. The van der Waals surface area contributed by atoms with Gasteiger partial charge in [0, 0.05) is 10.9 Å². The highest BCUT2D eigenvalue weighted by molar-refractivity contribution is 6.30. The number of rotatable bonds is 5. The van der Waals surface area contributed by atoms with Crippen molar-refractivity contribution in [1.29, 1.82) is 0 Å². The third kappa shape index (κ3) is 4.01. The molecule has 0 spiro atoms. The Labute approximate surface area is 140 Å². The van der Waals surface area contributed by atoms with Crippen LogP contribution in [0.4, 0.5) is 8.78 Å². The lowest BCUT2D eigenvalue weighted by Gasteiger charge is -2.32. The van der Waals surface area contributed by atoms with Gasteiger partial charge in [0.05, 0.1) is 12.1 Å². The Morgan fingerprint density at radius 3 is 2.61 bits per heavy atom. The number of halogens is 3. The first-order valence-corrected chi connectivity index (χ1v) is 8.45. The van der Waals surface area contributed by atoms with E-state index in [-0.39, 0.29) is 23.9 Å². The first kappa shape index (κ1) is 16.7. The number of benzene rings is 1. The number of carbonyl (C=O) groups excluding carboxylic acids is 1. The Kier molecular flexibility index (Phi) is 4.87. The highest BCUT2D eigenvalue weighted by Gasteiger charge is 2.46. The van der Waals surface area contributed by atoms with Crippen LogP contribution in [0.15, 0.2) is 24.3 Å². The first-order chi connectivity index (χ1) is 11.0. The van der Waals surface area contributed by atoms with E-state index in [0.717, 1.165) is 18.4 Å². The fourth-order valence-corrected chi connectivity index (χ4v) is 3.50. The van der Waals surface area contributed by atoms with Crippen LogP contribution in [0, 0.1) is 5.92 Å². The molecule has 2 aliphatic rings. The number of hydrogen-bond donors (Lipinski definition) is 1. The predicted molar refractivity (Wildman–Crippen MR) is 85.7 cm³/mol. The minimum Gasteiger partial charge on any atom is -0.346 e. The topological polar surface area (TPSA) is 32.3 Å². The maximum atomic E-state index is 12.5. The number of amides is 1. The summed E-state index contributed by atoms with van der Waals surface area (Å²) >= 11 is 6.04. The lowest BCUT2D eigenvalue weighted by atomic mass is 9.94. The molecule has 1 aliphatic carbocycles. The van der Waals surface area contributed by atoms with E-state index in [4.69, 9.17) is 11.6 Å². The quantitative estimate of drug-likeness (QED) is 0.889. The lowest BCUT2D eigenvalue weighted by Crippen LogP contribution is -2.44. The smallest absolute Gasteiger partial charge is 0.251 e. The fraction of sp³-hybridized carbons (Fsp3) is 0.588. The Morgan fingerprint density at radius 1 is 1.35 bits per heavy atom. The monoisotopic (exact) mass is 342 g/mol. The molecule has 1 heterocycles. The van der Waals surface area contributed by atoms with Crippen LogP contribution in [0.5, 0.6) is 0 Å². The standard InChI is InChI=1S/C17H21ClF2N2O/c18-14-3-1-2-13(10-14)17(6-7-17)21-16(23)12-4-8-22(9-5-12)11-15(19)20/h1-3,10,12,15H,4-9,11H2,(H,21,23). The Morgan fingerprint density at radius 2 is 2.04 bits per heavy atom. The number of likely N-dealkylation sites (tertiary alicyclic amines) is 1. The van der Waals surface area contributed by atoms with Crippen LogP contribution < -0.4 is 5.32 Å². The van der Waals surface area contributed by atoms with Gasteiger partial charge >= 0.3 is 0 Å². The van der Waals surface area contributed by atoms with Crippen LogP contribution in [-0.4, -0.2) is 36.9 Å². The van der Waals surface area contributed by atoms with Crippen molar-refractivity contribution in [3.63, 3.8) is 0 Å². The second-order valence-corrected chi connectivity index (χ2v) is 6.98. The summed E-state index contributed by atoms with van der Waals surface area (Å²) in [4.78, 5) is 14.3. The van der Waals surface area contributed by atoms with Crippen molar-refractivity contribution in [2.24, 2.45) is 5.92 Å². The van der Waals surface area contributed by atoms with Crippen LogP contribution >= 0.6 is 11.6 Å². The molecule has 1 saturated heterocycles. The average Bonchev–Trinajstić information content (AvgIpc) is 3.28. The molecule has 0 atom stereocenters. The van der Waals surface area contributed by atoms with Gasteiger partial charge in [0.25, 0.3) is 6.43 Å². The molecular weight excluding hydrogens is 322 g/mol. The third-order valence-electron chi connectivity index (χ3n) is 4.84. The van der Waals surface area contributed by atoms with Gasteiger partial charge in [0.1, 0.15) is 0 Å². The number of nitrogens with zero attached hydrogens (tertiary/aromatic N) is 1. The Hall–Kier alpha value is -1.20. The molecule has 3 nitrogen and oxygen atoms in total. The number of hydrogen-bond acceptors (Lipinski definition) is 2. The molecule has 1 aliphatic heterocycles. The second-order valence-electron chi connectivity index (χ2n) is 6.55. The normalized spacial score (nSPS) is 21.4. The minimum atomic E-state index is -2.31. The van der Waals surface area contributed by atoms with Crippen LogP contribution in [0.2, 0.25) is 5.02 Å². The first-order valence-electron chi connectivity index (χ1n) is 8.07. The summed E-state index contributed by atoms with van der Waals surface area (Å²) in [5, 5.41) is 3.84. The van der Waals surface area contributed by atoms with Crippen LogP contribution in [0.25, 0.3) is 0 Å². The molecule has 0 radical (unpaired) electrons. The van der Waals surface area contributed by atoms with Crippen molar-refractivity contribution in [1.82, 2.24) is 10.2 Å². The Bertz CT molecular complexity index is 569. The number of piperidine rings is 1. The molecule has 0 unspecified atom stereocenters. The van der Waals surface area contributed by atoms with Gasteiger partial charge in [-0.2, -0.15) is 0 Å². The molecule has 2 fully saturated rings. The zero-order valence-corrected chi connectivity index (χ0v) is 13.7. The maximum absolute atomic E-state index is 12.5. The summed E-state index contributed by atoms with van der Waals surface area (Å²) in [6.45, 7) is 0.931. The van der Waals surface area contributed by atoms with Crippen molar-refractivity contribution in [2.45, 2.75) is 37.6 Å². The van der Waals surface area contributed by atoms with E-state index in [0.29, 0.717) is 31.0 Å². The van der Waals surface area contributed by atoms with E-state index in [2.05, 4.69) is 5.32 Å². The van der Waals surface area contributed by atoms with Crippen LogP contribution in [0.3, 0.4) is 0 Å². The van der Waals surface area contributed by atoms with Crippen LogP contribution in [0.1, 0.15) is 31.2 Å². The number of alkyl halides is 2. The molecule has 6 heteroatoms. The van der Waals surface area contributed by atoms with Gasteiger partial charge in [0.2, 0.25) is 5.91 Å². The van der Waals surface area contributed by atoms with Gasteiger partial charge in [0.15, 0.2) is 0 Å². The van der Waals surface area contributed by atoms with E-state index >= 15 is 0 Å². The second kappa shape index (κ2) is 6.73. The summed E-state index contributed by atoms with van der Waals surface area (Å²) in [5.74, 6) is -0.0419. The molecule has 1 aromatic rings. The number of nitrogens with one attached hydrogen (secondary N) is 1. The van der Waals surface area contributed by atoms with Crippen molar-refractivity contribution >= 4 is 17.5 Å². The van der Waals surface area contributed by atoms with Gasteiger partial charge < -0.3 is 5.32 Å². The van der Waals surface area contributed by atoms with Gasteiger partial charge in [-0.15, -0.1) is 0 Å². The fourth-order valence-electron chi connectivity index (χ4n) is 3.31. The predicted octanol–water partition coefficient (Wildman–Crippen LogP) is 3.42. The van der Waals surface area contributed by atoms with E-state index in [1.165, 1.54) is 0 Å². The molecule has 1 aromatic carbocycles. The largest absolute Gasteiger partial charge is 0.346 e. The SMILES string of the molecule is O=C(NC1(c2cccc(Cl)c2)CC1)C1CCN(CC(F)F)CC1. The highest BCUT2D eigenvalue weighted by Crippen LogP contribution is 2.46. The average molecular weight is 343 g/mol. The zero-order valence-electron chi connectivity index (χ0n) is 12.9. The van der Waals surface area contributed by atoms with Gasteiger partial charge in [-0.05, 0) is 56.5 Å². The summed E-state index contributed by atoms with van der Waals surface area (Å²) in [7, 11) is 0. The molecule has 1 saturated carbocycles. The molecule has 126 valence electrons. The van der Waals surface area contributed by atoms with E-state index in [1.807, 2.05) is 24.3 Å². The summed E-state index contributed by atoms with van der Waals surface area (Å²) < 4.78 is 24.8. The zero-order chi connectivity index (χ0) is 16.4. The van der Waals surface area contributed by atoms with E-state index < -0.39 is 6.43 Å². The molecule has 0 aromatic heterocycles. The Balaban J connectivity index is 1.56. The molecule has 3 rings (SSSR count). The van der Waals surface area contributed by atoms with Crippen molar-refractivity contribution in [3.8, 4) is 0 Å². The minimum absolute atomic E-state index is 0.0409. The van der Waals surface area contributed by atoms with Crippen molar-refractivity contribution < 1.29 is 13.6 Å². The lowest BCUT2D eigenvalue weighted by molar-refractivity contribution is -0.127. The third-order valence-corrected chi connectivity index (χ3v) is 5.08. The van der Waals surface area contributed by atoms with Gasteiger partial charge in [-0.3, -0.25) is 9.69 Å². The summed E-state index contributed by atoms with van der Waals surface area (Å²) in [6, 6.07) is 7.61. The maximum Gasteiger partial charge on any atom is 0.251 e. The molecule has 1 amide bonds. The van der Waals surface area contributed by atoms with Gasteiger partial charge in [-0.25, -0.2) is 8.78 Å². The molecule has 0 bridgehead atoms. The molecule has 23 heavy (non-hydrogen) atoms. The van der Waals surface area contributed by atoms with E-state index in [1.54, 1.807) is 4.90 Å². The van der Waals surface area contributed by atoms with E-state index in [9.17, 15) is 13.6 Å². The van der Waals surface area contributed by atoms with Crippen molar-refractivity contribution in [2.75, 3.05) is 19.6 Å². The van der Waals surface area contributed by atoms with Gasteiger partial charge in [-0.1, -0.05) is 23.7 Å². The summed E-state index contributed by atoms with van der Waals surface area (Å²) in [6.07, 6.45) is 0.819. The van der Waals surface area contributed by atoms with Crippen molar-refractivity contribution in [3.05, 3.63) is 34.9 Å². The number of carbonyl (C=O) groups is 1. The summed E-state index contributed by atoms with van der Waals surface area (Å²) in [5.41, 5.74) is 0.774. The highest BCUT2D eigenvalue weighted by atomic mass is 35.5.